The number of carbonyl (C=O) groups is 3. The second-order valence-electron chi connectivity index (χ2n) is 26.7. The lowest BCUT2D eigenvalue weighted by molar-refractivity contribution is -0.384. The summed E-state index contributed by atoms with van der Waals surface area (Å²) in [5.74, 6) is -1.69. The van der Waals surface area contributed by atoms with E-state index < -0.39 is 16.6 Å². The van der Waals surface area contributed by atoms with Crippen LogP contribution in [0, 0.1) is 43.4 Å². The minimum absolute atomic E-state index is 0.0210. The van der Waals surface area contributed by atoms with Gasteiger partial charge in [-0.2, -0.15) is 0 Å². The quantitative estimate of drug-likeness (QED) is 0.0235. The van der Waals surface area contributed by atoms with E-state index in [0.29, 0.717) is 99.7 Å². The standard InChI is InChI=1S/C21H18N2O2.C16H9BrN4O4.C16H10FN3O2.C16H9FN2O2.C16H11N3O2/c1-13-7-8-19-16(9-13)18(11-24)21(22-19)14(2)17-10-23(12-25)20-6-4-3-5-15(17)20;17-7-1-3-12-10(5-7)14(20-23)15(18-12)13-9-6-8(21(24)25)2-4-11(9)19-16(13)22;17-8-5-6-12-10(7-8)13(16(21)19-12)15-14(20-22)9-3-1-2-4-11(9)18-15;17-8-5-6-12-10(7-8)13(16(21)19-12)14-15(20)9-3-1-2-4-11(9)18-14;20-16-13(9-5-1-3-7-11(9)18-16)15-14(19-21)10-6-2-4-8-12(10)17-15/h3-12,14,22H,1-2H3;1-6,18-19,22H;1-7,18-19,21H;1-7,19,21H;1-8,17-18,20H. The number of nitro benzene ring substituents is 1. The highest BCUT2D eigenvalue weighted by Crippen LogP contribution is 2.49. The average molecular weight is 1580 g/mol. The van der Waals surface area contributed by atoms with Crippen LogP contribution in [0.25, 0.3) is 132 Å². The Morgan fingerprint density at radius 3 is 1.47 bits per heavy atom. The van der Waals surface area contributed by atoms with Crippen molar-refractivity contribution < 1.29 is 48.5 Å². The molecule has 0 saturated heterocycles. The molecule has 560 valence electrons. The van der Waals surface area contributed by atoms with E-state index in [0.717, 1.165) is 83.1 Å². The third-order valence-corrected chi connectivity index (χ3v) is 20.5. The van der Waals surface area contributed by atoms with Crippen molar-refractivity contribution >= 4 is 167 Å². The molecule has 19 aromatic rings. The van der Waals surface area contributed by atoms with Crippen LogP contribution >= 0.6 is 15.9 Å². The Labute approximate surface area is 646 Å². The van der Waals surface area contributed by atoms with Gasteiger partial charge >= 0.3 is 0 Å². The number of H-pyrrole nitrogens is 8. The van der Waals surface area contributed by atoms with E-state index in [2.05, 4.69) is 83.2 Å². The molecule has 26 nitrogen and oxygen atoms in total. The Morgan fingerprint density at radius 1 is 0.482 bits per heavy atom. The van der Waals surface area contributed by atoms with Crippen molar-refractivity contribution in [3.8, 4) is 57.3 Å². The number of aryl methyl sites for hydroxylation is 1. The summed E-state index contributed by atoms with van der Waals surface area (Å²) in [7, 11) is 0. The summed E-state index contributed by atoms with van der Waals surface area (Å²) < 4.78 is 29.4. The minimum atomic E-state index is -0.519. The number of halogens is 3. The summed E-state index contributed by atoms with van der Waals surface area (Å²) in [5.41, 5.74) is 14.4. The molecular weight excluding hydrogens is 1530 g/mol. The monoisotopic (exact) mass is 1580 g/mol. The molecule has 0 fully saturated rings. The van der Waals surface area contributed by atoms with Gasteiger partial charge < -0.3 is 60.3 Å². The minimum Gasteiger partial charge on any atom is -0.494 e. The van der Waals surface area contributed by atoms with E-state index >= 15 is 0 Å². The third-order valence-electron chi connectivity index (χ3n) is 20.0. The average Bonchev–Trinajstić information content (AvgIpc) is 1.64. The summed E-state index contributed by atoms with van der Waals surface area (Å²) in [6.07, 6.45) is 3.59. The van der Waals surface area contributed by atoms with Crippen LogP contribution in [0.1, 0.15) is 55.9 Å². The van der Waals surface area contributed by atoms with Gasteiger partial charge in [-0.3, -0.25) is 29.1 Å². The lowest BCUT2D eigenvalue weighted by Crippen LogP contribution is -2.10. The summed E-state index contributed by atoms with van der Waals surface area (Å²) >= 11 is 3.35. The number of hydrogen-bond acceptors (Lipinski definition) is 16. The maximum absolute atomic E-state index is 13.5. The zero-order chi connectivity index (χ0) is 79.5. The number of nitro groups is 1. The van der Waals surface area contributed by atoms with Gasteiger partial charge in [-0.1, -0.05) is 119 Å². The molecule has 20 rings (SSSR count). The maximum Gasteiger partial charge on any atom is 0.270 e. The summed E-state index contributed by atoms with van der Waals surface area (Å²) in [6, 6.07) is 60.7. The molecule has 0 amide bonds. The van der Waals surface area contributed by atoms with Crippen LogP contribution in [0.4, 0.5) is 37.2 Å². The first kappa shape index (κ1) is 72.7. The van der Waals surface area contributed by atoms with Crippen molar-refractivity contribution in [3.05, 3.63) is 293 Å². The summed E-state index contributed by atoms with van der Waals surface area (Å²) in [6.45, 7) is 4.07. The van der Waals surface area contributed by atoms with Crippen molar-refractivity contribution in [2.75, 3.05) is 0 Å². The molecule has 0 radical (unpaired) electrons. The van der Waals surface area contributed by atoms with Crippen molar-refractivity contribution in [2.45, 2.75) is 19.8 Å². The fourth-order valence-electron chi connectivity index (χ4n) is 14.8. The normalized spacial score (nSPS) is 12.0. The summed E-state index contributed by atoms with van der Waals surface area (Å²) in [4.78, 5) is 108. The highest BCUT2D eigenvalue weighted by atomic mass is 79.9. The van der Waals surface area contributed by atoms with Crippen LogP contribution in [-0.2, 0) is 4.79 Å². The van der Waals surface area contributed by atoms with Gasteiger partial charge in [-0.25, -0.2) is 13.8 Å². The van der Waals surface area contributed by atoms with Crippen molar-refractivity contribution in [3.63, 3.8) is 0 Å². The lowest BCUT2D eigenvalue weighted by Gasteiger charge is -2.10. The number of fused-ring (bicyclic) bond motifs is 10. The van der Waals surface area contributed by atoms with Crippen LogP contribution in [0.15, 0.2) is 244 Å². The highest BCUT2D eigenvalue weighted by Gasteiger charge is 2.31. The van der Waals surface area contributed by atoms with Gasteiger partial charge in [-0.15, -0.1) is 14.7 Å². The van der Waals surface area contributed by atoms with E-state index in [1.165, 1.54) is 54.6 Å². The molecule has 0 bridgehead atoms. The number of nitroso groups, excluding NO2 is 3. The molecule has 0 saturated carbocycles. The molecule has 1 aliphatic rings. The zero-order valence-corrected chi connectivity index (χ0v) is 61.0. The molecule has 29 heteroatoms. The molecule has 1 aliphatic heterocycles. The van der Waals surface area contributed by atoms with E-state index in [1.807, 2.05) is 110 Å². The van der Waals surface area contributed by atoms with Gasteiger partial charge in [0.1, 0.15) is 34.4 Å². The van der Waals surface area contributed by atoms with Crippen LogP contribution in [0.5, 0.6) is 23.5 Å². The molecular formula is C85H57BrF2N14O12. The Balaban J connectivity index is 0.000000108. The number of aromatic nitrogens is 9. The first-order chi connectivity index (χ1) is 55.3. The third kappa shape index (κ3) is 12.8. The number of ketones is 1. The molecule has 114 heavy (non-hydrogen) atoms. The number of non-ortho nitro benzene ring substituents is 1. The number of benzene rings is 10. The van der Waals surface area contributed by atoms with Gasteiger partial charge in [0, 0.05) is 138 Å². The molecule has 12 N–H and O–H groups in total. The van der Waals surface area contributed by atoms with Gasteiger partial charge in [0.05, 0.1) is 55.5 Å². The number of para-hydroxylation sites is 5. The molecule has 10 aromatic carbocycles. The van der Waals surface area contributed by atoms with Crippen LogP contribution in [-0.4, -0.2) is 94.0 Å². The van der Waals surface area contributed by atoms with Gasteiger partial charge in [0.15, 0.2) is 29.8 Å². The summed E-state index contributed by atoms with van der Waals surface area (Å²) in [5, 5.41) is 67.3. The van der Waals surface area contributed by atoms with Crippen LogP contribution in [0.2, 0.25) is 0 Å². The number of aldehydes is 1. The van der Waals surface area contributed by atoms with Crippen molar-refractivity contribution in [2.24, 2.45) is 20.5 Å². The number of aromatic amines is 8. The second kappa shape index (κ2) is 29.5. The first-order valence-corrected chi connectivity index (χ1v) is 35.7. The number of rotatable bonds is 12. The Morgan fingerprint density at radius 2 is 0.921 bits per heavy atom. The van der Waals surface area contributed by atoms with E-state index in [4.69, 9.17) is 0 Å². The zero-order valence-electron chi connectivity index (χ0n) is 59.4. The van der Waals surface area contributed by atoms with E-state index in [9.17, 15) is 68.4 Å². The molecule has 9 aromatic heterocycles. The largest absolute Gasteiger partial charge is 0.494 e. The predicted molar refractivity (Wildman–Crippen MR) is 439 cm³/mol. The smallest absolute Gasteiger partial charge is 0.270 e. The number of nitrogens with zero attached hydrogens (tertiary/aromatic N) is 6. The molecule has 0 spiro atoms. The van der Waals surface area contributed by atoms with E-state index in [1.54, 1.807) is 65.2 Å². The van der Waals surface area contributed by atoms with Gasteiger partial charge in [0.25, 0.3) is 5.69 Å². The van der Waals surface area contributed by atoms with E-state index in [-0.39, 0.29) is 69.1 Å². The van der Waals surface area contributed by atoms with Gasteiger partial charge in [0.2, 0.25) is 12.2 Å². The Hall–Kier alpha value is -15.5. The topological polar surface area (TPSA) is 407 Å². The lowest BCUT2D eigenvalue weighted by atomic mass is 9.94. The molecule has 1 unspecified atom stereocenters. The fraction of sp³-hybridized carbons (Fsp3) is 0.0353. The molecule has 10 heterocycles. The molecule has 0 aliphatic carbocycles. The number of aliphatic imine (C=N–C) groups is 1. The first-order valence-electron chi connectivity index (χ1n) is 34.9. The Kier molecular flexibility index (Phi) is 18.8. The highest BCUT2D eigenvalue weighted by molar-refractivity contribution is 9.10. The Bertz CT molecular complexity index is 7230. The number of hydrogen-bond donors (Lipinski definition) is 12. The van der Waals surface area contributed by atoms with Crippen molar-refractivity contribution in [1.29, 1.82) is 0 Å². The molecule has 1 atom stereocenters. The second-order valence-corrected chi connectivity index (χ2v) is 27.6. The fourth-order valence-corrected chi connectivity index (χ4v) is 15.2. The number of carbonyl (C=O) groups excluding carboxylic acids is 3. The predicted octanol–water partition coefficient (Wildman–Crippen LogP) is 21.8. The number of aromatic hydroxyl groups is 4. The number of nitrogens with one attached hydrogen (secondary N) is 8. The maximum atomic E-state index is 13.5. The number of Topliss-reactive ketones (excluding diaryl/α,β-unsaturated/α-hetero) is 1. The van der Waals surface area contributed by atoms with Gasteiger partial charge in [-0.05, 0) is 137 Å². The SMILES string of the molecule is Cc1ccc2[nH]c(C(C)c3cn(C=O)c4ccccc34)c(C=O)c2c1.O=C1C(c2c(O)[nH]c3ccc(F)cc23)=Nc2ccccc21.O=Nc1c(-c2c(O)[nH]c3ccc(F)cc23)[nH]c2ccccc12.O=Nc1c(-c2c(O)[nH]c3ccc([N+](=O)[O-])cc23)[nH]c2ccc(Br)cc12.O=Nc1c(-c2c(O)[nH]c3ccccc23)[nH]c2ccccc12. The van der Waals surface area contributed by atoms with Crippen LogP contribution in [0.3, 0.4) is 0 Å². The van der Waals surface area contributed by atoms with Crippen molar-refractivity contribution in [1.82, 2.24) is 44.4 Å². The van der Waals surface area contributed by atoms with Crippen LogP contribution < -0.4 is 0 Å².